The van der Waals surface area contributed by atoms with Gasteiger partial charge in [-0.1, -0.05) is 15.9 Å². The van der Waals surface area contributed by atoms with Crippen LogP contribution in [-0.2, 0) is 11.8 Å². The van der Waals surface area contributed by atoms with Gasteiger partial charge in [-0.3, -0.25) is 4.68 Å². The van der Waals surface area contributed by atoms with Gasteiger partial charge in [0.1, 0.15) is 0 Å². The van der Waals surface area contributed by atoms with Crippen molar-refractivity contribution in [2.45, 2.75) is 6.10 Å². The zero-order chi connectivity index (χ0) is 10.7. The summed E-state index contributed by atoms with van der Waals surface area (Å²) in [6.07, 6.45) is 0.843. The monoisotopic (exact) mass is 262 g/mol. The summed E-state index contributed by atoms with van der Waals surface area (Å²) in [4.78, 5) is 11.2. The van der Waals surface area contributed by atoms with Gasteiger partial charge in [-0.15, -0.1) is 0 Å². The first kappa shape index (κ1) is 11.2. The molecule has 14 heavy (non-hydrogen) atoms. The van der Waals surface area contributed by atoms with Gasteiger partial charge in [0.2, 0.25) is 0 Å². The van der Waals surface area contributed by atoms with Gasteiger partial charge in [-0.05, 0) is 0 Å². The van der Waals surface area contributed by atoms with Crippen LogP contribution in [0.2, 0.25) is 0 Å². The third-order valence-corrected chi connectivity index (χ3v) is 2.35. The van der Waals surface area contributed by atoms with E-state index in [0.29, 0.717) is 10.9 Å². The van der Waals surface area contributed by atoms with Crippen LogP contribution in [0.3, 0.4) is 0 Å². The number of alkyl halides is 1. The molecule has 1 unspecified atom stereocenters. The topological polar surface area (TPSA) is 64.3 Å². The maximum absolute atomic E-state index is 11.2. The summed E-state index contributed by atoms with van der Waals surface area (Å²) >= 11 is 3.13. The molecule has 0 saturated heterocycles. The summed E-state index contributed by atoms with van der Waals surface area (Å²) in [5, 5.41) is 13.8. The number of halogens is 1. The quantitative estimate of drug-likeness (QED) is 0.642. The Labute approximate surface area is 89.8 Å². The fraction of sp³-hybridized carbons (Fsp3) is 0.500. The molecular weight excluding hydrogens is 252 g/mol. The molecular formula is C8H11BrN2O3. The summed E-state index contributed by atoms with van der Waals surface area (Å²) in [6, 6.07) is 0. The standard InChI is InChI=1S/C8H11BrN2O3/c1-11-4-5(6(12)3-9)7(10-11)8(13)14-2/h4,6,12H,3H2,1-2H3. The zero-order valence-corrected chi connectivity index (χ0v) is 9.48. The average molecular weight is 263 g/mol. The van der Waals surface area contributed by atoms with Crippen molar-refractivity contribution in [3.05, 3.63) is 17.5 Å². The first-order valence-corrected chi connectivity index (χ1v) is 5.08. The predicted molar refractivity (Wildman–Crippen MR) is 53.3 cm³/mol. The Morgan fingerprint density at radius 3 is 3.00 bits per heavy atom. The Balaban J connectivity index is 3.08. The van der Waals surface area contributed by atoms with Crippen LogP contribution >= 0.6 is 15.9 Å². The molecule has 1 N–H and O–H groups in total. The van der Waals surface area contributed by atoms with Gasteiger partial charge < -0.3 is 9.84 Å². The lowest BCUT2D eigenvalue weighted by Crippen LogP contribution is -2.09. The van der Waals surface area contributed by atoms with E-state index in [9.17, 15) is 9.90 Å². The molecule has 0 aromatic carbocycles. The van der Waals surface area contributed by atoms with E-state index in [-0.39, 0.29) is 5.69 Å². The Morgan fingerprint density at radius 2 is 2.50 bits per heavy atom. The van der Waals surface area contributed by atoms with Crippen molar-refractivity contribution in [3.8, 4) is 0 Å². The molecule has 5 nitrogen and oxygen atoms in total. The van der Waals surface area contributed by atoms with Crippen molar-refractivity contribution in [1.29, 1.82) is 0 Å². The van der Waals surface area contributed by atoms with Crippen LogP contribution in [-0.4, -0.2) is 33.3 Å². The molecule has 1 aromatic heterocycles. The second kappa shape index (κ2) is 4.56. The second-order valence-corrected chi connectivity index (χ2v) is 3.42. The number of aliphatic hydroxyl groups is 1. The maximum atomic E-state index is 11.2. The molecule has 0 saturated carbocycles. The van der Waals surface area contributed by atoms with E-state index in [1.165, 1.54) is 11.8 Å². The SMILES string of the molecule is COC(=O)c1nn(C)cc1C(O)CBr. The van der Waals surface area contributed by atoms with Crippen LogP contribution in [0, 0.1) is 0 Å². The van der Waals surface area contributed by atoms with Crippen LogP contribution in [0.4, 0.5) is 0 Å². The van der Waals surface area contributed by atoms with Gasteiger partial charge in [0, 0.05) is 24.1 Å². The van der Waals surface area contributed by atoms with Gasteiger partial charge in [-0.25, -0.2) is 4.79 Å². The molecule has 0 amide bonds. The maximum Gasteiger partial charge on any atom is 0.358 e. The molecule has 6 heteroatoms. The highest BCUT2D eigenvalue weighted by Crippen LogP contribution is 2.19. The van der Waals surface area contributed by atoms with Crippen molar-refractivity contribution >= 4 is 21.9 Å². The zero-order valence-electron chi connectivity index (χ0n) is 7.90. The molecule has 1 aromatic rings. The minimum absolute atomic E-state index is 0.155. The number of rotatable bonds is 3. The molecule has 1 atom stereocenters. The summed E-state index contributed by atoms with van der Waals surface area (Å²) in [5.41, 5.74) is 0.623. The molecule has 0 aliphatic heterocycles. The molecule has 1 heterocycles. The molecule has 0 aliphatic carbocycles. The number of carbonyl (C=O) groups is 1. The second-order valence-electron chi connectivity index (χ2n) is 2.77. The highest BCUT2D eigenvalue weighted by atomic mass is 79.9. The first-order chi connectivity index (χ1) is 6.60. The fourth-order valence-electron chi connectivity index (χ4n) is 1.09. The predicted octanol–water partition coefficient (Wildman–Crippen LogP) is 0.635. The van der Waals surface area contributed by atoms with E-state index >= 15 is 0 Å². The van der Waals surface area contributed by atoms with Crippen LogP contribution in [0.5, 0.6) is 0 Å². The highest BCUT2D eigenvalue weighted by Gasteiger charge is 2.21. The Kier molecular flexibility index (Phi) is 3.65. The lowest BCUT2D eigenvalue weighted by Gasteiger charge is -2.04. The van der Waals surface area contributed by atoms with E-state index in [1.54, 1.807) is 13.2 Å². The van der Waals surface area contributed by atoms with Gasteiger partial charge in [0.05, 0.1) is 13.2 Å². The van der Waals surface area contributed by atoms with Crippen LogP contribution < -0.4 is 0 Å². The molecule has 0 bridgehead atoms. The number of aryl methyl sites for hydroxylation is 1. The lowest BCUT2D eigenvalue weighted by atomic mass is 10.1. The number of ether oxygens (including phenoxy) is 1. The minimum Gasteiger partial charge on any atom is -0.464 e. The number of carbonyl (C=O) groups excluding carboxylic acids is 1. The van der Waals surface area contributed by atoms with E-state index in [1.807, 2.05) is 0 Å². The molecule has 0 spiro atoms. The third kappa shape index (κ3) is 2.13. The Hall–Kier alpha value is -0.880. The van der Waals surface area contributed by atoms with E-state index < -0.39 is 12.1 Å². The van der Waals surface area contributed by atoms with Crippen molar-refractivity contribution in [3.63, 3.8) is 0 Å². The van der Waals surface area contributed by atoms with Gasteiger partial charge >= 0.3 is 5.97 Å². The van der Waals surface area contributed by atoms with E-state index in [2.05, 4.69) is 25.8 Å². The number of hydrogen-bond donors (Lipinski definition) is 1. The van der Waals surface area contributed by atoms with Gasteiger partial charge in [0.25, 0.3) is 0 Å². The van der Waals surface area contributed by atoms with E-state index in [4.69, 9.17) is 0 Å². The van der Waals surface area contributed by atoms with Crippen molar-refractivity contribution in [2.75, 3.05) is 12.4 Å². The Bertz CT molecular complexity index is 337. The molecule has 0 aliphatic rings. The van der Waals surface area contributed by atoms with Crippen LogP contribution in [0.25, 0.3) is 0 Å². The van der Waals surface area contributed by atoms with Crippen LogP contribution in [0.15, 0.2) is 6.20 Å². The minimum atomic E-state index is -0.752. The highest BCUT2D eigenvalue weighted by molar-refractivity contribution is 9.09. The van der Waals surface area contributed by atoms with Crippen LogP contribution in [0.1, 0.15) is 22.2 Å². The number of esters is 1. The summed E-state index contributed by atoms with van der Waals surface area (Å²) in [5.74, 6) is -0.541. The number of nitrogens with zero attached hydrogens (tertiary/aromatic N) is 2. The summed E-state index contributed by atoms with van der Waals surface area (Å²) in [7, 11) is 2.96. The number of aliphatic hydroxyl groups excluding tert-OH is 1. The number of hydrogen-bond acceptors (Lipinski definition) is 4. The van der Waals surface area contributed by atoms with Crippen molar-refractivity contribution in [2.24, 2.45) is 7.05 Å². The van der Waals surface area contributed by atoms with Gasteiger partial charge in [-0.2, -0.15) is 5.10 Å². The number of methoxy groups -OCH3 is 1. The molecule has 78 valence electrons. The molecule has 0 fully saturated rings. The Morgan fingerprint density at radius 1 is 1.86 bits per heavy atom. The fourth-order valence-corrected chi connectivity index (χ4v) is 1.44. The molecule has 0 radical (unpaired) electrons. The summed E-state index contributed by atoms with van der Waals surface area (Å²) in [6.45, 7) is 0. The smallest absolute Gasteiger partial charge is 0.358 e. The lowest BCUT2D eigenvalue weighted by molar-refractivity contribution is 0.0587. The third-order valence-electron chi connectivity index (χ3n) is 1.74. The molecule has 1 rings (SSSR count). The van der Waals surface area contributed by atoms with E-state index in [0.717, 1.165) is 0 Å². The average Bonchev–Trinajstić information content (AvgIpc) is 2.58. The van der Waals surface area contributed by atoms with Gasteiger partial charge in [0.15, 0.2) is 5.69 Å². The van der Waals surface area contributed by atoms with Crippen molar-refractivity contribution < 1.29 is 14.6 Å². The largest absolute Gasteiger partial charge is 0.464 e. The normalized spacial score (nSPS) is 12.6. The van der Waals surface area contributed by atoms with Crippen molar-refractivity contribution in [1.82, 2.24) is 9.78 Å². The first-order valence-electron chi connectivity index (χ1n) is 3.96. The number of aromatic nitrogens is 2. The summed E-state index contributed by atoms with van der Waals surface area (Å²) < 4.78 is 6.01.